The Morgan fingerprint density at radius 3 is 2.26 bits per heavy atom. The smallest absolute Gasteiger partial charge is 0.266 e. The minimum absolute atomic E-state index is 0.345. The van der Waals surface area contributed by atoms with Crippen LogP contribution >= 0.6 is 0 Å². The molecule has 2 aliphatic heterocycles. The molecule has 7 heteroatoms. The van der Waals surface area contributed by atoms with Crippen molar-refractivity contribution in [2.24, 2.45) is 5.92 Å². The molecule has 5 rings (SSSR count). The Kier molecular flexibility index (Phi) is 6.02. The second kappa shape index (κ2) is 9.27. The van der Waals surface area contributed by atoms with Gasteiger partial charge in [-0.3, -0.25) is 14.4 Å². The van der Waals surface area contributed by atoms with Crippen molar-refractivity contribution in [3.05, 3.63) is 90.2 Å². The van der Waals surface area contributed by atoms with Crippen LogP contribution in [0.1, 0.15) is 31.4 Å². The minimum atomic E-state index is -0.969. The fraction of sp³-hybridized carbons (Fsp3) is 0.259. The number of carbonyl (C=O) groups is 2. The van der Waals surface area contributed by atoms with Gasteiger partial charge in [-0.1, -0.05) is 43.7 Å². The largest absolute Gasteiger partial charge is 0.494 e. The number of amides is 2. The molecule has 2 amide bonds. The molecule has 174 valence electrons. The van der Waals surface area contributed by atoms with Crippen LogP contribution in [0.25, 0.3) is 0 Å². The maximum Gasteiger partial charge on any atom is 0.266 e. The minimum Gasteiger partial charge on any atom is -0.494 e. The first-order valence-corrected chi connectivity index (χ1v) is 11.5. The first-order valence-electron chi connectivity index (χ1n) is 11.5. The summed E-state index contributed by atoms with van der Waals surface area (Å²) in [6, 6.07) is 21.6. The number of para-hydroxylation sites is 1. The summed E-state index contributed by atoms with van der Waals surface area (Å²) in [5, 5.41) is 1.60. The quantitative estimate of drug-likeness (QED) is 0.365. The van der Waals surface area contributed by atoms with E-state index in [0.717, 1.165) is 12.8 Å². The first-order chi connectivity index (χ1) is 16.6. The van der Waals surface area contributed by atoms with Crippen molar-refractivity contribution in [2.75, 3.05) is 16.6 Å². The third kappa shape index (κ3) is 3.92. The van der Waals surface area contributed by atoms with Crippen molar-refractivity contribution < 1.29 is 23.6 Å². The molecule has 0 N–H and O–H groups in total. The van der Waals surface area contributed by atoms with Crippen LogP contribution in [0.15, 0.2) is 78.9 Å². The lowest BCUT2D eigenvalue weighted by Crippen LogP contribution is -2.37. The fourth-order valence-corrected chi connectivity index (χ4v) is 4.49. The van der Waals surface area contributed by atoms with Gasteiger partial charge in [0, 0.05) is 0 Å². The summed E-state index contributed by atoms with van der Waals surface area (Å²) in [5.41, 5.74) is 1.88. The van der Waals surface area contributed by atoms with E-state index in [9.17, 15) is 14.0 Å². The van der Waals surface area contributed by atoms with Crippen molar-refractivity contribution in [3.8, 4) is 5.75 Å². The summed E-state index contributed by atoms with van der Waals surface area (Å²) in [4.78, 5) is 34.3. The Morgan fingerprint density at radius 1 is 0.882 bits per heavy atom. The number of unbranched alkanes of at least 4 members (excludes halogenated alkanes) is 1. The summed E-state index contributed by atoms with van der Waals surface area (Å²) in [6.07, 6.45) is 1.02. The van der Waals surface area contributed by atoms with Crippen LogP contribution in [0.4, 0.5) is 15.8 Å². The van der Waals surface area contributed by atoms with Crippen molar-refractivity contribution in [2.45, 2.75) is 31.9 Å². The van der Waals surface area contributed by atoms with Crippen molar-refractivity contribution in [3.63, 3.8) is 0 Å². The maximum atomic E-state index is 13.6. The van der Waals surface area contributed by atoms with Crippen molar-refractivity contribution in [1.29, 1.82) is 0 Å². The van der Waals surface area contributed by atoms with Gasteiger partial charge < -0.3 is 4.74 Å². The molecule has 6 nitrogen and oxygen atoms in total. The lowest BCUT2D eigenvalue weighted by Gasteiger charge is -2.28. The van der Waals surface area contributed by atoms with Gasteiger partial charge in [-0.25, -0.2) is 14.4 Å². The van der Waals surface area contributed by atoms with E-state index in [1.807, 2.05) is 30.3 Å². The lowest BCUT2D eigenvalue weighted by molar-refractivity contribution is -0.126. The standard InChI is InChI=1S/C27H25FN2O4/c1-2-3-17-33-22-15-13-20(14-16-22)29-26(31)23-24(18-9-11-19(28)12-10-18)30(34-25(23)27(29)32)21-7-5-4-6-8-21/h4-16,23-25H,2-3,17H2,1H3/t23-,24+,25+/m0/s1. The van der Waals surface area contributed by atoms with Crippen LogP contribution in [0.2, 0.25) is 0 Å². The van der Waals surface area contributed by atoms with E-state index < -0.39 is 24.0 Å². The van der Waals surface area contributed by atoms with Gasteiger partial charge in [0.15, 0.2) is 6.10 Å². The number of fused-ring (bicyclic) bond motifs is 1. The van der Waals surface area contributed by atoms with E-state index in [0.29, 0.717) is 29.3 Å². The third-order valence-electron chi connectivity index (χ3n) is 6.20. The summed E-state index contributed by atoms with van der Waals surface area (Å²) < 4.78 is 19.3. The Balaban J connectivity index is 1.46. The van der Waals surface area contributed by atoms with Gasteiger partial charge in [-0.2, -0.15) is 0 Å². The monoisotopic (exact) mass is 460 g/mol. The van der Waals surface area contributed by atoms with Crippen molar-refractivity contribution in [1.82, 2.24) is 0 Å². The summed E-state index contributed by atoms with van der Waals surface area (Å²) in [5.74, 6) is -1.21. The van der Waals surface area contributed by atoms with Gasteiger partial charge in [0.25, 0.3) is 5.91 Å². The second-order valence-corrected chi connectivity index (χ2v) is 8.42. The molecule has 34 heavy (non-hydrogen) atoms. The summed E-state index contributed by atoms with van der Waals surface area (Å²) in [7, 11) is 0. The third-order valence-corrected chi connectivity index (χ3v) is 6.20. The van der Waals surface area contributed by atoms with Crippen molar-refractivity contribution >= 4 is 23.2 Å². The van der Waals surface area contributed by atoms with E-state index in [4.69, 9.17) is 9.57 Å². The van der Waals surface area contributed by atoms with Gasteiger partial charge in [-0.05, 0) is 60.5 Å². The van der Waals surface area contributed by atoms with Gasteiger partial charge in [0.1, 0.15) is 17.5 Å². The molecule has 2 aliphatic rings. The first kappa shape index (κ1) is 22.1. The predicted molar refractivity (Wildman–Crippen MR) is 126 cm³/mol. The highest BCUT2D eigenvalue weighted by molar-refractivity contribution is 6.23. The van der Waals surface area contributed by atoms with E-state index in [1.165, 1.54) is 17.0 Å². The number of halogens is 1. The Morgan fingerprint density at radius 2 is 1.59 bits per heavy atom. The zero-order valence-electron chi connectivity index (χ0n) is 18.8. The number of anilines is 2. The highest BCUT2D eigenvalue weighted by Crippen LogP contribution is 2.47. The molecule has 0 spiro atoms. The molecule has 0 saturated carbocycles. The molecular weight excluding hydrogens is 435 g/mol. The zero-order valence-corrected chi connectivity index (χ0v) is 18.8. The van der Waals surface area contributed by atoms with E-state index in [1.54, 1.807) is 41.5 Å². The molecule has 0 radical (unpaired) electrons. The van der Waals surface area contributed by atoms with Gasteiger partial charge in [0.2, 0.25) is 5.91 Å². The van der Waals surface area contributed by atoms with Crippen LogP contribution in [-0.4, -0.2) is 24.5 Å². The normalized spacial score (nSPS) is 21.8. The number of benzene rings is 3. The highest BCUT2D eigenvalue weighted by atomic mass is 19.1. The maximum absolute atomic E-state index is 13.6. The van der Waals surface area contributed by atoms with Crippen LogP contribution in [0, 0.1) is 11.7 Å². The molecule has 0 unspecified atom stereocenters. The molecule has 2 fully saturated rings. The molecule has 3 aromatic carbocycles. The molecule has 3 atom stereocenters. The van der Waals surface area contributed by atoms with Crippen LogP contribution in [0.5, 0.6) is 5.75 Å². The Labute approximate surface area is 197 Å². The zero-order chi connectivity index (χ0) is 23.7. The number of nitrogens with zero attached hydrogens (tertiary/aromatic N) is 2. The van der Waals surface area contributed by atoms with Crippen LogP contribution in [0.3, 0.4) is 0 Å². The SMILES string of the molecule is CCCCOc1ccc(N2C(=O)[C@H]3[C@@H](c4ccc(F)cc4)N(c4ccccc4)O[C@H]3C2=O)cc1. The van der Waals surface area contributed by atoms with Gasteiger partial charge in [-0.15, -0.1) is 0 Å². The van der Waals surface area contributed by atoms with Gasteiger partial charge >= 0.3 is 0 Å². The predicted octanol–water partition coefficient (Wildman–Crippen LogP) is 5.06. The number of hydrogen-bond acceptors (Lipinski definition) is 5. The van der Waals surface area contributed by atoms with E-state index >= 15 is 0 Å². The van der Waals surface area contributed by atoms with E-state index in [2.05, 4.69) is 6.92 Å². The number of ether oxygens (including phenoxy) is 1. The highest BCUT2D eigenvalue weighted by Gasteiger charge is 2.60. The van der Waals surface area contributed by atoms with Gasteiger partial charge in [0.05, 0.1) is 24.0 Å². The van der Waals surface area contributed by atoms with Crippen LogP contribution in [-0.2, 0) is 14.4 Å². The number of hydroxylamine groups is 1. The lowest BCUT2D eigenvalue weighted by atomic mass is 9.90. The average molecular weight is 461 g/mol. The molecule has 2 saturated heterocycles. The average Bonchev–Trinajstić information content (AvgIpc) is 3.37. The molecule has 0 aliphatic carbocycles. The topological polar surface area (TPSA) is 59.1 Å². The number of carbonyl (C=O) groups excluding carboxylic acids is 2. The molecule has 0 bridgehead atoms. The summed E-state index contributed by atoms with van der Waals surface area (Å²) in [6.45, 7) is 2.71. The Bertz CT molecular complexity index is 1170. The number of imide groups is 1. The van der Waals surface area contributed by atoms with E-state index in [-0.39, 0.29) is 11.7 Å². The molecule has 2 heterocycles. The summed E-state index contributed by atoms with van der Waals surface area (Å²) >= 11 is 0. The fourth-order valence-electron chi connectivity index (χ4n) is 4.49. The Hall–Kier alpha value is -3.71. The molecule has 3 aromatic rings. The molecular formula is C27H25FN2O4. The van der Waals surface area contributed by atoms with Crippen LogP contribution < -0.4 is 14.7 Å². The molecule has 0 aromatic heterocycles. The number of rotatable bonds is 7. The second-order valence-electron chi connectivity index (χ2n) is 8.42. The number of hydrogen-bond donors (Lipinski definition) is 0.